The zero-order chi connectivity index (χ0) is 17.9. The first kappa shape index (κ1) is 16.6. The second kappa shape index (κ2) is 7.15. The molecule has 26 heavy (non-hydrogen) atoms. The molecule has 1 N–H and O–H groups in total. The van der Waals surface area contributed by atoms with Crippen molar-refractivity contribution in [3.05, 3.63) is 46.5 Å². The van der Waals surface area contributed by atoms with Crippen molar-refractivity contribution in [2.75, 3.05) is 0 Å². The van der Waals surface area contributed by atoms with Crippen molar-refractivity contribution < 1.29 is 13.7 Å². The number of hydrogen-bond acceptors (Lipinski definition) is 6. The third kappa shape index (κ3) is 3.40. The number of para-hydroxylation sites is 2. The summed E-state index contributed by atoms with van der Waals surface area (Å²) in [4.78, 5) is 28.5. The van der Waals surface area contributed by atoms with Crippen LogP contribution in [0.15, 0.2) is 38.0 Å². The number of carbonyl (C=O) groups is 1. The van der Waals surface area contributed by atoms with E-state index in [1.165, 1.54) is 17.4 Å². The molecule has 3 aromatic rings. The maximum atomic E-state index is 12.3. The predicted octanol–water partition coefficient (Wildman–Crippen LogP) is 2.48. The minimum absolute atomic E-state index is 0.0786. The van der Waals surface area contributed by atoms with E-state index in [1.807, 2.05) is 6.07 Å². The van der Waals surface area contributed by atoms with E-state index in [4.69, 9.17) is 8.94 Å². The lowest BCUT2D eigenvalue weighted by atomic mass is 10.1. The Morgan fingerprint density at radius 2 is 1.96 bits per heavy atom. The molecule has 0 spiro atoms. The Balaban J connectivity index is 1.48. The van der Waals surface area contributed by atoms with Gasteiger partial charge in [0.15, 0.2) is 11.4 Å². The largest absolute Gasteiger partial charge is 0.420 e. The van der Waals surface area contributed by atoms with Crippen LogP contribution in [0.4, 0.5) is 0 Å². The number of fused-ring (bicyclic) bond motifs is 1. The van der Waals surface area contributed by atoms with Crippen molar-refractivity contribution in [2.24, 2.45) is 0 Å². The number of aromatic nitrogens is 3. The second-order valence-corrected chi connectivity index (χ2v) is 6.60. The average Bonchev–Trinajstić information content (AvgIpc) is 3.13. The van der Waals surface area contributed by atoms with E-state index in [1.54, 1.807) is 18.2 Å². The Hall–Kier alpha value is -2.90. The summed E-state index contributed by atoms with van der Waals surface area (Å²) in [6.45, 7) is 0.0794. The van der Waals surface area contributed by atoms with Crippen LogP contribution in [0.25, 0.3) is 11.1 Å². The molecule has 136 valence electrons. The molecular weight excluding hydrogens is 336 g/mol. The van der Waals surface area contributed by atoms with Gasteiger partial charge in [-0.25, -0.2) is 4.79 Å². The van der Waals surface area contributed by atoms with E-state index >= 15 is 0 Å². The molecule has 0 bridgehead atoms. The van der Waals surface area contributed by atoms with Gasteiger partial charge >= 0.3 is 17.6 Å². The number of amides is 1. The first-order valence-electron chi connectivity index (χ1n) is 8.92. The lowest BCUT2D eigenvalue weighted by Crippen LogP contribution is -2.34. The Kier molecular flexibility index (Phi) is 4.55. The van der Waals surface area contributed by atoms with Crippen molar-refractivity contribution in [1.29, 1.82) is 0 Å². The highest BCUT2D eigenvalue weighted by Crippen LogP contribution is 2.17. The van der Waals surface area contributed by atoms with E-state index in [-0.39, 0.29) is 30.2 Å². The van der Waals surface area contributed by atoms with Crippen LogP contribution in [-0.4, -0.2) is 26.7 Å². The number of benzene rings is 1. The number of nitrogens with zero attached hydrogens (tertiary/aromatic N) is 3. The quantitative estimate of drug-likeness (QED) is 0.720. The predicted molar refractivity (Wildman–Crippen MR) is 92.8 cm³/mol. The summed E-state index contributed by atoms with van der Waals surface area (Å²) in [5.41, 5.74) is 1.14. The van der Waals surface area contributed by atoms with Crippen LogP contribution in [0.1, 0.15) is 55.0 Å². The molecule has 1 aromatic carbocycles. The maximum Gasteiger partial charge on any atom is 0.420 e. The maximum absolute atomic E-state index is 12.3. The molecule has 2 heterocycles. The summed E-state index contributed by atoms with van der Waals surface area (Å²) in [6, 6.07) is 7.26. The van der Waals surface area contributed by atoms with Gasteiger partial charge in [0.1, 0.15) is 0 Å². The zero-order valence-electron chi connectivity index (χ0n) is 14.3. The van der Waals surface area contributed by atoms with Gasteiger partial charge in [-0.2, -0.15) is 4.98 Å². The molecule has 1 aliphatic carbocycles. The highest BCUT2D eigenvalue weighted by atomic mass is 16.5. The summed E-state index contributed by atoms with van der Waals surface area (Å²) >= 11 is 0. The Morgan fingerprint density at radius 1 is 1.19 bits per heavy atom. The number of oxazole rings is 1. The summed E-state index contributed by atoms with van der Waals surface area (Å²) < 4.78 is 11.7. The van der Waals surface area contributed by atoms with Gasteiger partial charge in [-0.15, -0.1) is 0 Å². The summed E-state index contributed by atoms with van der Waals surface area (Å²) in [7, 11) is 0. The van der Waals surface area contributed by atoms with Crippen LogP contribution < -0.4 is 11.1 Å². The van der Waals surface area contributed by atoms with Gasteiger partial charge in [-0.05, 0) is 25.0 Å². The Morgan fingerprint density at radius 3 is 2.77 bits per heavy atom. The number of carbonyl (C=O) groups excluding carboxylic acids is 1. The number of nitrogens with one attached hydrogen (secondary N) is 1. The minimum atomic E-state index is -0.500. The smallest absolute Gasteiger partial charge is 0.408 e. The Labute approximate surface area is 149 Å². The lowest BCUT2D eigenvalue weighted by molar-refractivity contribution is 0.0889. The standard InChI is InChI=1S/C18H20N4O4/c23-16(19-12-7-3-1-2-4-8-12)17-20-15(21-26-17)11-22-13-9-5-6-10-14(13)25-18(22)24/h5-6,9-10,12H,1-4,7-8,11H2,(H,19,23). The van der Waals surface area contributed by atoms with E-state index in [0.29, 0.717) is 11.1 Å². The van der Waals surface area contributed by atoms with Gasteiger partial charge < -0.3 is 14.3 Å². The van der Waals surface area contributed by atoms with Gasteiger partial charge in [0.05, 0.1) is 12.1 Å². The molecule has 1 fully saturated rings. The number of rotatable bonds is 4. The molecule has 8 heteroatoms. The topological polar surface area (TPSA) is 103 Å². The molecular formula is C18H20N4O4. The normalized spacial score (nSPS) is 15.8. The van der Waals surface area contributed by atoms with Crippen LogP contribution in [0.3, 0.4) is 0 Å². The SMILES string of the molecule is O=C(NC1CCCCCC1)c1nc(Cn2c(=O)oc3ccccc32)no1. The molecule has 1 amide bonds. The van der Waals surface area contributed by atoms with Gasteiger partial charge in [0, 0.05) is 6.04 Å². The van der Waals surface area contributed by atoms with Gasteiger partial charge in [-0.3, -0.25) is 9.36 Å². The summed E-state index contributed by atoms with van der Waals surface area (Å²) in [5.74, 6) is -0.685. The monoisotopic (exact) mass is 356 g/mol. The summed E-state index contributed by atoms with van der Waals surface area (Å²) in [5, 5.41) is 6.79. The van der Waals surface area contributed by atoms with Gasteiger partial charge in [0.25, 0.3) is 0 Å². The first-order valence-corrected chi connectivity index (χ1v) is 8.92. The van der Waals surface area contributed by atoms with Gasteiger partial charge in [-0.1, -0.05) is 43.0 Å². The van der Waals surface area contributed by atoms with Crippen LogP contribution in [0, 0.1) is 0 Å². The van der Waals surface area contributed by atoms with Crippen LogP contribution in [-0.2, 0) is 6.54 Å². The third-order valence-corrected chi connectivity index (χ3v) is 4.73. The fourth-order valence-electron chi connectivity index (χ4n) is 3.39. The number of hydrogen-bond donors (Lipinski definition) is 1. The van der Waals surface area contributed by atoms with Crippen LogP contribution >= 0.6 is 0 Å². The fraction of sp³-hybridized carbons (Fsp3) is 0.444. The minimum Gasteiger partial charge on any atom is -0.408 e. The van der Waals surface area contributed by atoms with Crippen molar-refractivity contribution in [3.63, 3.8) is 0 Å². The highest BCUT2D eigenvalue weighted by Gasteiger charge is 2.21. The average molecular weight is 356 g/mol. The molecule has 4 rings (SSSR count). The molecule has 0 saturated heterocycles. The summed E-state index contributed by atoms with van der Waals surface area (Å²) in [6.07, 6.45) is 6.62. The van der Waals surface area contributed by atoms with E-state index < -0.39 is 5.76 Å². The van der Waals surface area contributed by atoms with Crippen molar-refractivity contribution in [3.8, 4) is 0 Å². The highest BCUT2D eigenvalue weighted by molar-refractivity contribution is 5.89. The Bertz CT molecular complexity index is 963. The zero-order valence-corrected chi connectivity index (χ0v) is 14.3. The third-order valence-electron chi connectivity index (χ3n) is 4.73. The molecule has 1 aliphatic rings. The molecule has 0 aliphatic heterocycles. The van der Waals surface area contributed by atoms with Crippen molar-refractivity contribution >= 4 is 17.0 Å². The molecule has 2 aromatic heterocycles. The molecule has 8 nitrogen and oxygen atoms in total. The van der Waals surface area contributed by atoms with E-state index in [2.05, 4.69) is 15.5 Å². The van der Waals surface area contributed by atoms with E-state index in [9.17, 15) is 9.59 Å². The fourth-order valence-corrected chi connectivity index (χ4v) is 3.39. The molecule has 0 atom stereocenters. The van der Waals surface area contributed by atoms with E-state index in [0.717, 1.165) is 25.7 Å². The molecule has 0 unspecified atom stereocenters. The first-order chi connectivity index (χ1) is 12.7. The lowest BCUT2D eigenvalue weighted by Gasteiger charge is -2.14. The van der Waals surface area contributed by atoms with Gasteiger partial charge in [0.2, 0.25) is 0 Å². The van der Waals surface area contributed by atoms with Crippen molar-refractivity contribution in [2.45, 2.75) is 51.1 Å². The van der Waals surface area contributed by atoms with Crippen LogP contribution in [0.2, 0.25) is 0 Å². The van der Waals surface area contributed by atoms with Crippen molar-refractivity contribution in [1.82, 2.24) is 20.0 Å². The second-order valence-electron chi connectivity index (χ2n) is 6.60. The molecule has 1 saturated carbocycles. The van der Waals surface area contributed by atoms with Crippen LogP contribution in [0.5, 0.6) is 0 Å². The molecule has 0 radical (unpaired) electrons.